The van der Waals surface area contributed by atoms with Gasteiger partial charge in [0.25, 0.3) is 0 Å². The van der Waals surface area contributed by atoms with Gasteiger partial charge in [-0.2, -0.15) is 0 Å². The molecule has 24 heavy (non-hydrogen) atoms. The fourth-order valence-corrected chi connectivity index (χ4v) is 3.21. The standard InChI is InChI=1S/C21H26N2S/c1-15(2)18-9-7-17(8-10-18)14-23(20-11-12-20)21(24)22-19-6-4-5-16(3)13-19/h4-10,13,15,20H,11-12,14H2,1-3H3,(H,22,24). The summed E-state index contributed by atoms with van der Waals surface area (Å²) in [6, 6.07) is 17.9. The first-order valence-electron chi connectivity index (χ1n) is 8.76. The molecule has 126 valence electrons. The van der Waals surface area contributed by atoms with Gasteiger partial charge in [-0.05, 0) is 66.7 Å². The van der Waals surface area contributed by atoms with Crippen molar-refractivity contribution in [2.45, 2.75) is 52.1 Å². The highest BCUT2D eigenvalue weighted by Gasteiger charge is 2.30. The van der Waals surface area contributed by atoms with Crippen LogP contribution in [-0.2, 0) is 6.54 Å². The van der Waals surface area contributed by atoms with Crippen molar-refractivity contribution in [3.63, 3.8) is 0 Å². The maximum atomic E-state index is 5.70. The number of nitrogens with zero attached hydrogens (tertiary/aromatic N) is 1. The number of rotatable bonds is 5. The first kappa shape index (κ1) is 17.0. The van der Waals surface area contributed by atoms with E-state index < -0.39 is 0 Å². The smallest absolute Gasteiger partial charge is 0.173 e. The molecule has 0 atom stereocenters. The third-order valence-corrected chi connectivity index (χ3v) is 4.85. The monoisotopic (exact) mass is 338 g/mol. The quantitative estimate of drug-likeness (QED) is 0.727. The van der Waals surface area contributed by atoms with Crippen LogP contribution in [0.5, 0.6) is 0 Å². The number of hydrogen-bond acceptors (Lipinski definition) is 1. The Hall–Kier alpha value is -1.87. The van der Waals surface area contributed by atoms with Crippen LogP contribution in [0.3, 0.4) is 0 Å². The van der Waals surface area contributed by atoms with Crippen LogP contribution in [0.2, 0.25) is 0 Å². The molecule has 0 radical (unpaired) electrons. The molecule has 0 saturated heterocycles. The second-order valence-corrected chi connectivity index (χ2v) is 7.44. The molecule has 2 nitrogen and oxygen atoms in total. The van der Waals surface area contributed by atoms with Gasteiger partial charge < -0.3 is 10.2 Å². The Bertz CT molecular complexity index is 702. The molecule has 0 aromatic heterocycles. The summed E-state index contributed by atoms with van der Waals surface area (Å²) in [7, 11) is 0. The number of thiocarbonyl (C=S) groups is 1. The molecule has 1 saturated carbocycles. The summed E-state index contributed by atoms with van der Waals surface area (Å²) in [4.78, 5) is 2.34. The van der Waals surface area contributed by atoms with Crippen LogP contribution in [0, 0.1) is 6.92 Å². The van der Waals surface area contributed by atoms with Crippen molar-refractivity contribution in [1.29, 1.82) is 0 Å². The minimum absolute atomic E-state index is 0.572. The van der Waals surface area contributed by atoms with Crippen LogP contribution in [0.25, 0.3) is 0 Å². The van der Waals surface area contributed by atoms with Gasteiger partial charge in [0, 0.05) is 18.3 Å². The minimum atomic E-state index is 0.572. The Balaban J connectivity index is 1.69. The van der Waals surface area contributed by atoms with Crippen LogP contribution in [-0.4, -0.2) is 16.1 Å². The summed E-state index contributed by atoms with van der Waals surface area (Å²) < 4.78 is 0. The van der Waals surface area contributed by atoms with Gasteiger partial charge in [-0.15, -0.1) is 0 Å². The molecule has 0 spiro atoms. The summed E-state index contributed by atoms with van der Waals surface area (Å²) in [6.45, 7) is 7.43. The first-order valence-corrected chi connectivity index (χ1v) is 9.17. The minimum Gasteiger partial charge on any atom is -0.342 e. The normalized spacial score (nSPS) is 13.8. The second kappa shape index (κ2) is 7.35. The van der Waals surface area contributed by atoms with E-state index in [0.717, 1.165) is 17.3 Å². The highest BCUT2D eigenvalue weighted by atomic mass is 32.1. The van der Waals surface area contributed by atoms with Crippen molar-refractivity contribution in [3.05, 3.63) is 65.2 Å². The molecule has 2 aromatic rings. The number of benzene rings is 2. The highest BCUT2D eigenvalue weighted by molar-refractivity contribution is 7.80. The molecule has 1 N–H and O–H groups in total. The van der Waals surface area contributed by atoms with Gasteiger partial charge in [0.1, 0.15) is 0 Å². The molecule has 2 aromatic carbocycles. The van der Waals surface area contributed by atoms with Crippen LogP contribution in [0.1, 0.15) is 49.3 Å². The largest absolute Gasteiger partial charge is 0.342 e. The number of nitrogens with one attached hydrogen (secondary N) is 1. The van der Waals surface area contributed by atoms with Gasteiger partial charge in [-0.1, -0.05) is 50.2 Å². The number of aryl methyl sites for hydroxylation is 1. The molecule has 0 aliphatic heterocycles. The molecule has 1 fully saturated rings. The molecule has 1 aliphatic carbocycles. The van der Waals surface area contributed by atoms with E-state index in [4.69, 9.17) is 12.2 Å². The van der Waals surface area contributed by atoms with Crippen LogP contribution >= 0.6 is 12.2 Å². The Morgan fingerprint density at radius 1 is 1.17 bits per heavy atom. The Morgan fingerprint density at radius 2 is 1.88 bits per heavy atom. The SMILES string of the molecule is Cc1cccc(NC(=S)N(Cc2ccc(C(C)C)cc2)C2CC2)c1. The fraction of sp³-hybridized carbons (Fsp3) is 0.381. The van der Waals surface area contributed by atoms with Crippen molar-refractivity contribution in [2.75, 3.05) is 5.32 Å². The zero-order valence-electron chi connectivity index (χ0n) is 14.8. The van der Waals surface area contributed by atoms with Gasteiger partial charge in [0.15, 0.2) is 5.11 Å². The van der Waals surface area contributed by atoms with Crippen LogP contribution in [0.15, 0.2) is 48.5 Å². The molecule has 0 bridgehead atoms. The molecule has 0 heterocycles. The van der Waals surface area contributed by atoms with Gasteiger partial charge in [0.05, 0.1) is 0 Å². The van der Waals surface area contributed by atoms with E-state index in [9.17, 15) is 0 Å². The number of hydrogen-bond donors (Lipinski definition) is 1. The van der Waals surface area contributed by atoms with Gasteiger partial charge in [-0.25, -0.2) is 0 Å². The summed E-state index contributed by atoms with van der Waals surface area (Å²) in [5, 5.41) is 4.24. The van der Waals surface area contributed by atoms with E-state index in [2.05, 4.69) is 79.5 Å². The fourth-order valence-electron chi connectivity index (χ4n) is 2.88. The summed E-state index contributed by atoms with van der Waals surface area (Å²) in [5.41, 5.74) is 5.02. The molecule has 0 unspecified atom stereocenters. The van der Waals surface area contributed by atoms with Crippen LogP contribution in [0.4, 0.5) is 5.69 Å². The van der Waals surface area contributed by atoms with E-state index >= 15 is 0 Å². The van der Waals surface area contributed by atoms with E-state index in [1.807, 2.05) is 0 Å². The van der Waals surface area contributed by atoms with Crippen molar-refractivity contribution in [1.82, 2.24) is 4.90 Å². The molecular weight excluding hydrogens is 312 g/mol. The lowest BCUT2D eigenvalue weighted by Gasteiger charge is -2.26. The lowest BCUT2D eigenvalue weighted by atomic mass is 10.0. The Labute approximate surface area is 150 Å². The Morgan fingerprint density at radius 3 is 2.46 bits per heavy atom. The van der Waals surface area contributed by atoms with E-state index in [1.54, 1.807) is 0 Å². The average molecular weight is 339 g/mol. The predicted octanol–water partition coefficient (Wildman–Crippen LogP) is 5.48. The average Bonchev–Trinajstić information content (AvgIpc) is 3.37. The molecular formula is C21H26N2S. The van der Waals surface area contributed by atoms with E-state index in [0.29, 0.717) is 12.0 Å². The first-order chi connectivity index (χ1) is 11.5. The van der Waals surface area contributed by atoms with Crippen molar-refractivity contribution < 1.29 is 0 Å². The van der Waals surface area contributed by atoms with E-state index in [-0.39, 0.29) is 0 Å². The molecule has 3 heteroatoms. The third kappa shape index (κ3) is 4.35. The lowest BCUT2D eigenvalue weighted by molar-refractivity contribution is 0.409. The third-order valence-electron chi connectivity index (χ3n) is 4.52. The van der Waals surface area contributed by atoms with Crippen LogP contribution < -0.4 is 5.32 Å². The van der Waals surface area contributed by atoms with Crippen molar-refractivity contribution in [3.8, 4) is 0 Å². The van der Waals surface area contributed by atoms with Crippen molar-refractivity contribution in [2.24, 2.45) is 0 Å². The maximum absolute atomic E-state index is 5.70. The Kier molecular flexibility index (Phi) is 5.20. The molecule has 0 amide bonds. The molecule has 3 rings (SSSR count). The van der Waals surface area contributed by atoms with Gasteiger partial charge in [-0.3, -0.25) is 0 Å². The lowest BCUT2D eigenvalue weighted by Crippen LogP contribution is -2.36. The van der Waals surface area contributed by atoms with Gasteiger partial charge in [0.2, 0.25) is 0 Å². The van der Waals surface area contributed by atoms with Gasteiger partial charge >= 0.3 is 0 Å². The molecule has 1 aliphatic rings. The number of anilines is 1. The summed E-state index contributed by atoms with van der Waals surface area (Å²) in [5.74, 6) is 0.572. The maximum Gasteiger partial charge on any atom is 0.173 e. The van der Waals surface area contributed by atoms with E-state index in [1.165, 1.54) is 29.5 Å². The predicted molar refractivity (Wildman–Crippen MR) is 106 cm³/mol. The zero-order chi connectivity index (χ0) is 17.1. The summed E-state index contributed by atoms with van der Waals surface area (Å²) >= 11 is 5.70. The topological polar surface area (TPSA) is 15.3 Å². The zero-order valence-corrected chi connectivity index (χ0v) is 15.6. The second-order valence-electron chi connectivity index (χ2n) is 7.05. The highest BCUT2D eigenvalue weighted by Crippen LogP contribution is 2.29. The summed E-state index contributed by atoms with van der Waals surface area (Å²) in [6.07, 6.45) is 2.47. The van der Waals surface area contributed by atoms with Crippen molar-refractivity contribution >= 4 is 23.0 Å².